The summed E-state index contributed by atoms with van der Waals surface area (Å²) in [5.74, 6) is -0.303. The molecule has 0 aromatic heterocycles. The molecule has 1 aromatic rings. The van der Waals surface area contributed by atoms with Gasteiger partial charge in [0, 0.05) is 6.04 Å². The second-order valence-corrected chi connectivity index (χ2v) is 6.33. The summed E-state index contributed by atoms with van der Waals surface area (Å²) < 4.78 is 35.7. The fourth-order valence-corrected chi connectivity index (χ4v) is 3.63. The number of halogens is 1. The van der Waals surface area contributed by atoms with Gasteiger partial charge >= 0.3 is 7.60 Å². The molecule has 1 aromatic carbocycles. The molecule has 0 saturated carbocycles. The highest BCUT2D eigenvalue weighted by Crippen LogP contribution is 2.48. The SMILES string of the molecule is CCOP(=O)(C[C@H](N)Cc1cccc(F)c1)OCC. The highest BCUT2D eigenvalue weighted by atomic mass is 31.2. The van der Waals surface area contributed by atoms with Gasteiger partial charge in [0.2, 0.25) is 0 Å². The quantitative estimate of drug-likeness (QED) is 0.747. The molecular weight excluding hydrogens is 268 g/mol. The molecule has 1 atom stereocenters. The van der Waals surface area contributed by atoms with Crippen LogP contribution in [-0.4, -0.2) is 25.4 Å². The summed E-state index contributed by atoms with van der Waals surface area (Å²) in [5, 5.41) is 0. The molecule has 0 spiro atoms. The van der Waals surface area contributed by atoms with E-state index in [-0.39, 0.29) is 12.0 Å². The highest BCUT2D eigenvalue weighted by Gasteiger charge is 2.26. The Morgan fingerprint density at radius 1 is 1.32 bits per heavy atom. The number of rotatable bonds is 8. The van der Waals surface area contributed by atoms with Crippen LogP contribution in [0.25, 0.3) is 0 Å². The van der Waals surface area contributed by atoms with Crippen molar-refractivity contribution in [2.24, 2.45) is 5.73 Å². The van der Waals surface area contributed by atoms with E-state index in [4.69, 9.17) is 14.8 Å². The molecule has 6 heteroatoms. The van der Waals surface area contributed by atoms with Crippen LogP contribution in [0.2, 0.25) is 0 Å². The van der Waals surface area contributed by atoms with Crippen LogP contribution in [-0.2, 0) is 20.0 Å². The van der Waals surface area contributed by atoms with Crippen molar-refractivity contribution in [1.82, 2.24) is 0 Å². The van der Waals surface area contributed by atoms with Crippen LogP contribution in [0.15, 0.2) is 24.3 Å². The van der Waals surface area contributed by atoms with Gasteiger partial charge in [0.05, 0.1) is 19.4 Å². The van der Waals surface area contributed by atoms with Gasteiger partial charge in [-0.1, -0.05) is 12.1 Å². The number of benzene rings is 1. The van der Waals surface area contributed by atoms with Crippen LogP contribution >= 0.6 is 7.60 Å². The predicted molar refractivity (Wildman–Crippen MR) is 73.8 cm³/mol. The molecule has 0 amide bonds. The second-order valence-electron chi connectivity index (χ2n) is 4.22. The highest BCUT2D eigenvalue weighted by molar-refractivity contribution is 7.53. The molecule has 0 unspecified atom stereocenters. The lowest BCUT2D eigenvalue weighted by Crippen LogP contribution is -2.28. The van der Waals surface area contributed by atoms with E-state index in [1.54, 1.807) is 26.0 Å². The molecule has 0 heterocycles. The lowest BCUT2D eigenvalue weighted by atomic mass is 10.1. The molecule has 0 saturated heterocycles. The maximum atomic E-state index is 13.1. The van der Waals surface area contributed by atoms with Crippen molar-refractivity contribution in [1.29, 1.82) is 0 Å². The van der Waals surface area contributed by atoms with E-state index < -0.39 is 13.6 Å². The zero-order valence-electron chi connectivity index (χ0n) is 11.3. The normalized spacial score (nSPS) is 13.5. The Bertz CT molecular complexity index is 432. The van der Waals surface area contributed by atoms with E-state index >= 15 is 0 Å². The first-order valence-electron chi connectivity index (χ1n) is 6.37. The number of hydrogen-bond donors (Lipinski definition) is 1. The number of hydrogen-bond acceptors (Lipinski definition) is 4. The van der Waals surface area contributed by atoms with Crippen molar-refractivity contribution in [3.8, 4) is 0 Å². The van der Waals surface area contributed by atoms with Gasteiger partial charge < -0.3 is 14.8 Å². The minimum absolute atomic E-state index is 0.130. The van der Waals surface area contributed by atoms with Gasteiger partial charge in [0.25, 0.3) is 0 Å². The zero-order chi connectivity index (χ0) is 14.3. The van der Waals surface area contributed by atoms with Gasteiger partial charge in [0.1, 0.15) is 5.82 Å². The van der Waals surface area contributed by atoms with E-state index in [0.29, 0.717) is 19.6 Å². The lowest BCUT2D eigenvalue weighted by molar-refractivity contribution is 0.218. The predicted octanol–water partition coefficient (Wildman–Crippen LogP) is 2.96. The Hall–Kier alpha value is -0.740. The second kappa shape index (κ2) is 7.75. The van der Waals surface area contributed by atoms with Gasteiger partial charge in [-0.25, -0.2) is 4.39 Å². The summed E-state index contributed by atoms with van der Waals surface area (Å²) in [5.41, 5.74) is 6.72. The minimum atomic E-state index is -3.14. The molecule has 0 aliphatic heterocycles. The largest absolute Gasteiger partial charge is 0.332 e. The van der Waals surface area contributed by atoms with Gasteiger partial charge in [-0.2, -0.15) is 0 Å². The van der Waals surface area contributed by atoms with Crippen molar-refractivity contribution < 1.29 is 18.0 Å². The summed E-state index contributed by atoms with van der Waals surface area (Å²) in [6, 6.07) is 5.81. The fourth-order valence-electron chi connectivity index (χ4n) is 1.85. The monoisotopic (exact) mass is 289 g/mol. The van der Waals surface area contributed by atoms with Crippen molar-refractivity contribution in [2.75, 3.05) is 19.4 Å². The van der Waals surface area contributed by atoms with Crippen molar-refractivity contribution >= 4 is 7.60 Å². The molecule has 0 aliphatic rings. The third kappa shape index (κ3) is 5.83. The fraction of sp³-hybridized carbons (Fsp3) is 0.538. The molecule has 0 bridgehead atoms. The molecule has 108 valence electrons. The van der Waals surface area contributed by atoms with Crippen LogP contribution in [0.5, 0.6) is 0 Å². The maximum Gasteiger partial charge on any atom is 0.332 e. The average molecular weight is 289 g/mol. The van der Waals surface area contributed by atoms with Gasteiger partial charge in [-0.05, 0) is 38.0 Å². The van der Waals surface area contributed by atoms with Crippen LogP contribution in [0.4, 0.5) is 4.39 Å². The lowest BCUT2D eigenvalue weighted by Gasteiger charge is -2.20. The van der Waals surface area contributed by atoms with Crippen LogP contribution in [0.1, 0.15) is 19.4 Å². The Morgan fingerprint density at radius 3 is 2.47 bits per heavy atom. The van der Waals surface area contributed by atoms with Gasteiger partial charge in [0.15, 0.2) is 0 Å². The third-order valence-corrected chi connectivity index (χ3v) is 4.72. The van der Waals surface area contributed by atoms with Crippen molar-refractivity contribution in [3.63, 3.8) is 0 Å². The van der Waals surface area contributed by atoms with E-state index in [2.05, 4.69) is 0 Å². The zero-order valence-corrected chi connectivity index (χ0v) is 12.2. The average Bonchev–Trinajstić information content (AvgIpc) is 2.28. The molecule has 19 heavy (non-hydrogen) atoms. The first-order valence-corrected chi connectivity index (χ1v) is 8.10. The molecule has 1 rings (SSSR count). The topological polar surface area (TPSA) is 61.5 Å². The standard InChI is InChI=1S/C13H21FNO3P/c1-3-17-19(16,18-4-2)10-13(15)9-11-6-5-7-12(14)8-11/h5-8,13H,3-4,9-10,15H2,1-2H3/t13-/m1/s1. The smallest absolute Gasteiger partial charge is 0.327 e. The molecule has 4 nitrogen and oxygen atoms in total. The van der Waals surface area contributed by atoms with E-state index in [1.165, 1.54) is 12.1 Å². The molecule has 0 fully saturated rings. The Kier molecular flexibility index (Phi) is 6.66. The molecule has 0 aliphatic carbocycles. The molecule has 0 radical (unpaired) electrons. The summed E-state index contributed by atoms with van der Waals surface area (Å²) in [6.07, 6.45) is 0.563. The van der Waals surface area contributed by atoms with Gasteiger partial charge in [-0.3, -0.25) is 4.57 Å². The van der Waals surface area contributed by atoms with Crippen LogP contribution < -0.4 is 5.73 Å². The Labute approximate surface area is 113 Å². The van der Waals surface area contributed by atoms with E-state index in [0.717, 1.165) is 5.56 Å². The summed E-state index contributed by atoms with van der Waals surface area (Å²) >= 11 is 0. The van der Waals surface area contributed by atoms with E-state index in [9.17, 15) is 8.96 Å². The summed E-state index contributed by atoms with van der Waals surface area (Å²) in [6.45, 7) is 4.13. The van der Waals surface area contributed by atoms with Crippen molar-refractivity contribution in [2.45, 2.75) is 26.3 Å². The number of nitrogens with two attached hydrogens (primary N) is 1. The summed E-state index contributed by atoms with van der Waals surface area (Å²) in [7, 11) is -3.14. The van der Waals surface area contributed by atoms with Crippen molar-refractivity contribution in [3.05, 3.63) is 35.6 Å². The third-order valence-electron chi connectivity index (χ3n) is 2.50. The maximum absolute atomic E-state index is 13.1. The van der Waals surface area contributed by atoms with Crippen LogP contribution in [0, 0.1) is 5.82 Å². The first-order chi connectivity index (χ1) is 8.99. The molecule has 2 N–H and O–H groups in total. The Morgan fingerprint density at radius 2 is 1.95 bits per heavy atom. The minimum Gasteiger partial charge on any atom is -0.327 e. The Balaban J connectivity index is 2.62. The van der Waals surface area contributed by atoms with Crippen LogP contribution in [0.3, 0.4) is 0 Å². The first kappa shape index (κ1) is 16.3. The van der Waals surface area contributed by atoms with E-state index in [1.807, 2.05) is 0 Å². The summed E-state index contributed by atoms with van der Waals surface area (Å²) in [4.78, 5) is 0. The van der Waals surface area contributed by atoms with Gasteiger partial charge in [-0.15, -0.1) is 0 Å². The molecular formula is C13H21FNO3P.